The Labute approximate surface area is 470 Å². The molecule has 7 aromatic rings. The highest BCUT2D eigenvalue weighted by atomic mass is 19.1. The fourth-order valence-corrected chi connectivity index (χ4v) is 12.3. The maximum Gasteiger partial charge on any atom is 0.289 e. The van der Waals surface area contributed by atoms with Crippen LogP contribution in [0.15, 0.2) is 156 Å². The van der Waals surface area contributed by atoms with Crippen LogP contribution in [0, 0.1) is 5.82 Å². The van der Waals surface area contributed by atoms with Crippen LogP contribution in [-0.2, 0) is 45.5 Å². The maximum absolute atomic E-state index is 14.4. The first-order valence-corrected chi connectivity index (χ1v) is 28.0. The summed E-state index contributed by atoms with van der Waals surface area (Å²) in [5.41, 5.74) is 26.3. The summed E-state index contributed by atoms with van der Waals surface area (Å²) in [7, 11) is 0. The molecule has 3 saturated heterocycles. The number of halogens is 2. The number of piperidine rings is 3. The molecule has 0 saturated carbocycles. The fourth-order valence-electron chi connectivity index (χ4n) is 12.3. The Balaban J connectivity index is 0.000000128. The third kappa shape index (κ3) is 11.5. The lowest BCUT2D eigenvalue weighted by atomic mass is 9.74. The Morgan fingerprint density at radius 3 is 1.48 bits per heavy atom. The van der Waals surface area contributed by atoms with Gasteiger partial charge in [-0.1, -0.05) is 97.1 Å². The number of para-hydroxylation sites is 1. The van der Waals surface area contributed by atoms with Gasteiger partial charge in [0.1, 0.15) is 28.6 Å². The number of hydrogen-bond acceptors (Lipinski definition) is 10. The van der Waals surface area contributed by atoms with Crippen molar-refractivity contribution in [2.45, 2.75) is 74.4 Å². The van der Waals surface area contributed by atoms with E-state index in [9.17, 15) is 23.2 Å². The summed E-state index contributed by atoms with van der Waals surface area (Å²) in [4.78, 5) is 43.2. The molecule has 13 nitrogen and oxygen atoms in total. The Morgan fingerprint density at radius 1 is 0.519 bits per heavy atom. The first-order chi connectivity index (χ1) is 39.4. The summed E-state index contributed by atoms with van der Waals surface area (Å²) in [5.74, 6) is 1.60. The lowest BCUT2D eigenvalue weighted by Gasteiger charge is -2.38. The number of hydrogen-bond donors (Lipinski definition) is 3. The van der Waals surface area contributed by atoms with Crippen molar-refractivity contribution in [3.63, 3.8) is 0 Å². The number of carbonyl (C=O) groups excluding carboxylic acids is 3. The zero-order valence-corrected chi connectivity index (χ0v) is 45.4. The van der Waals surface area contributed by atoms with E-state index in [1.807, 2.05) is 94.7 Å². The van der Waals surface area contributed by atoms with E-state index in [1.165, 1.54) is 41.0 Å². The largest absolute Gasteiger partial charge is 0.492 e. The van der Waals surface area contributed by atoms with Crippen LogP contribution >= 0.6 is 0 Å². The maximum atomic E-state index is 14.4. The van der Waals surface area contributed by atoms with Gasteiger partial charge in [-0.15, -0.1) is 0 Å². The molecule has 0 aliphatic carbocycles. The first-order valence-electron chi connectivity index (χ1n) is 28.0. The molecule has 6 aromatic carbocycles. The van der Waals surface area contributed by atoms with Crippen molar-refractivity contribution < 1.29 is 41.8 Å². The zero-order chi connectivity index (χ0) is 56.1. The molecule has 7 heterocycles. The topological polar surface area (TPSA) is 180 Å². The lowest BCUT2D eigenvalue weighted by molar-refractivity contribution is -0.130. The van der Waals surface area contributed by atoms with Crippen molar-refractivity contribution in [2.75, 3.05) is 59.1 Å². The van der Waals surface area contributed by atoms with E-state index in [2.05, 4.69) is 18.2 Å². The van der Waals surface area contributed by atoms with Gasteiger partial charge in [-0.25, -0.2) is 8.78 Å². The average Bonchev–Trinajstić information content (AvgIpc) is 4.35. The van der Waals surface area contributed by atoms with E-state index in [4.69, 9.17) is 35.8 Å². The van der Waals surface area contributed by atoms with E-state index in [0.717, 1.165) is 83.4 Å². The van der Waals surface area contributed by atoms with Gasteiger partial charge in [-0.05, 0) is 121 Å². The minimum Gasteiger partial charge on any atom is -0.492 e. The molecule has 15 heteroatoms. The number of nitrogens with zero attached hydrogens (tertiary/aromatic N) is 3. The molecule has 0 radical (unpaired) electrons. The van der Waals surface area contributed by atoms with Gasteiger partial charge in [-0.3, -0.25) is 14.4 Å². The number of nitrogens with two attached hydrogens (primary N) is 3. The summed E-state index contributed by atoms with van der Waals surface area (Å²) < 4.78 is 51.1. The molecule has 418 valence electrons. The van der Waals surface area contributed by atoms with E-state index < -0.39 is 11.7 Å². The van der Waals surface area contributed by atoms with Crippen LogP contribution in [0.4, 0.5) is 8.78 Å². The standard InChI is InChI=1S/2C22H23FN2O2.C22H22N2O3/c23-18-3-1-2-16(12-18)5-7-21(26)25-10-8-22(9-11-25)15-27-20-6-4-17(14-24)13-19(20)22;23-19(13-16-4-2-1-3-5-16)21(26)25-10-8-22(9-11-25)15-27-20-7-6-17(14-24)12-18(20)22;23-13-15-5-6-19-17(11-15)22(14-26-19)7-9-24(10-8-22)21(25)20-12-16-3-1-2-4-18(16)27-20/h2*1-7,12-13H,8-11,14-15,24H2;1-6,11-12H,7-10,13-14,23H2/b7-5+;19-13-;. The van der Waals surface area contributed by atoms with E-state index in [0.29, 0.717) is 95.6 Å². The van der Waals surface area contributed by atoms with Gasteiger partial charge >= 0.3 is 0 Å². The highest BCUT2D eigenvalue weighted by Gasteiger charge is 2.47. The van der Waals surface area contributed by atoms with Gasteiger partial charge in [0, 0.05) is 103 Å². The second-order valence-corrected chi connectivity index (χ2v) is 22.2. The Bertz CT molecular complexity index is 3470. The molecule has 0 unspecified atom stereocenters. The summed E-state index contributed by atoms with van der Waals surface area (Å²) >= 11 is 0. The molecule has 0 bridgehead atoms. The second-order valence-electron chi connectivity index (χ2n) is 22.2. The Morgan fingerprint density at radius 2 is 0.988 bits per heavy atom. The van der Waals surface area contributed by atoms with Gasteiger partial charge in [0.25, 0.3) is 11.8 Å². The quantitative estimate of drug-likeness (QED) is 0.124. The number of rotatable bonds is 8. The third-order valence-corrected chi connectivity index (χ3v) is 17.3. The predicted octanol–water partition coefficient (Wildman–Crippen LogP) is 10.1. The molecular formula is C66H68F2N6O7. The molecule has 3 fully saturated rings. The van der Waals surface area contributed by atoms with Crippen molar-refractivity contribution >= 4 is 40.8 Å². The molecule has 6 aliphatic rings. The number of amides is 3. The molecule has 3 amide bonds. The van der Waals surface area contributed by atoms with Gasteiger partial charge in [0.2, 0.25) is 5.91 Å². The number of likely N-dealkylation sites (tertiary alicyclic amines) is 3. The van der Waals surface area contributed by atoms with Crippen molar-refractivity contribution in [2.24, 2.45) is 17.2 Å². The van der Waals surface area contributed by atoms with Crippen LogP contribution in [0.25, 0.3) is 23.1 Å². The minimum atomic E-state index is -0.717. The summed E-state index contributed by atoms with van der Waals surface area (Å²) in [6.07, 6.45) is 9.53. The smallest absolute Gasteiger partial charge is 0.289 e. The first kappa shape index (κ1) is 54.8. The van der Waals surface area contributed by atoms with E-state index in [1.54, 1.807) is 35.2 Å². The van der Waals surface area contributed by atoms with E-state index >= 15 is 0 Å². The normalized spacial score (nSPS) is 18.0. The van der Waals surface area contributed by atoms with Crippen molar-refractivity contribution in [1.82, 2.24) is 14.7 Å². The minimum absolute atomic E-state index is 0.00876. The molecule has 3 spiro atoms. The van der Waals surface area contributed by atoms with Gasteiger partial charge in [0.15, 0.2) is 11.6 Å². The number of ether oxygens (including phenoxy) is 3. The molecule has 6 N–H and O–H groups in total. The molecule has 81 heavy (non-hydrogen) atoms. The highest BCUT2D eigenvalue weighted by Crippen LogP contribution is 2.49. The van der Waals surface area contributed by atoms with Gasteiger partial charge in [0.05, 0.1) is 19.8 Å². The van der Waals surface area contributed by atoms with Crippen molar-refractivity contribution in [3.05, 3.63) is 208 Å². The zero-order valence-electron chi connectivity index (χ0n) is 45.4. The van der Waals surface area contributed by atoms with Crippen LogP contribution in [0.3, 0.4) is 0 Å². The fraction of sp³-hybridized carbons (Fsp3) is 0.318. The van der Waals surface area contributed by atoms with Crippen LogP contribution in [0.2, 0.25) is 0 Å². The molecular weight excluding hydrogens is 1030 g/mol. The van der Waals surface area contributed by atoms with Crippen LogP contribution in [0.1, 0.15) is 93.6 Å². The van der Waals surface area contributed by atoms with Gasteiger partial charge in [-0.2, -0.15) is 0 Å². The number of benzene rings is 6. The van der Waals surface area contributed by atoms with Crippen LogP contribution in [-0.4, -0.2) is 91.5 Å². The average molecular weight is 1100 g/mol. The van der Waals surface area contributed by atoms with Crippen LogP contribution < -0.4 is 31.4 Å². The predicted molar refractivity (Wildman–Crippen MR) is 308 cm³/mol. The number of carbonyl (C=O) groups is 3. The summed E-state index contributed by atoms with van der Waals surface area (Å²) in [6, 6.07) is 43.3. The van der Waals surface area contributed by atoms with E-state index in [-0.39, 0.29) is 33.9 Å². The molecule has 13 rings (SSSR count). The monoisotopic (exact) mass is 1090 g/mol. The lowest BCUT2D eigenvalue weighted by Crippen LogP contribution is -2.46. The summed E-state index contributed by atoms with van der Waals surface area (Å²) in [6.45, 7) is 7.29. The molecule has 0 atom stereocenters. The Kier molecular flexibility index (Phi) is 15.9. The van der Waals surface area contributed by atoms with Gasteiger partial charge < -0.3 is 50.5 Å². The Hall–Kier alpha value is -8.11. The van der Waals surface area contributed by atoms with Crippen molar-refractivity contribution in [1.29, 1.82) is 0 Å². The SMILES string of the molecule is NCc1ccc2c(c1)C1(CCN(C(=O)/C(F)=C/c3ccccc3)CC1)CO2.NCc1ccc2c(c1)C1(CCN(C(=O)/C=C/c3cccc(F)c3)CC1)CO2.NCc1ccc2c(c1)C1(CCN(C(=O)c3cc4ccccc4o3)CC1)CO2. The number of furan rings is 1. The number of fused-ring (bicyclic) bond motifs is 7. The molecule has 6 aliphatic heterocycles. The highest BCUT2D eigenvalue weighted by molar-refractivity contribution is 5.97. The summed E-state index contributed by atoms with van der Waals surface area (Å²) in [5, 5.41) is 0.960. The second kappa shape index (κ2) is 23.5. The van der Waals surface area contributed by atoms with Crippen molar-refractivity contribution in [3.8, 4) is 17.2 Å². The van der Waals surface area contributed by atoms with Crippen LogP contribution in [0.5, 0.6) is 17.2 Å². The third-order valence-electron chi connectivity index (χ3n) is 17.3. The molecule has 1 aromatic heterocycles.